The van der Waals surface area contributed by atoms with Crippen molar-refractivity contribution in [3.05, 3.63) is 58.6 Å². The van der Waals surface area contributed by atoms with E-state index in [0.717, 1.165) is 11.3 Å². The largest absolute Gasteiger partial charge is 0.326 e. The number of urea groups is 1. The van der Waals surface area contributed by atoms with E-state index in [0.29, 0.717) is 23.7 Å². The first-order chi connectivity index (χ1) is 12.0. The molecule has 1 saturated heterocycles. The van der Waals surface area contributed by atoms with Crippen LogP contribution in [0.2, 0.25) is 5.02 Å². The number of rotatable bonds is 3. The number of nitrogens with one attached hydrogen (secondary N) is 2. The normalized spacial score (nSPS) is 16.8. The van der Waals surface area contributed by atoms with Crippen LogP contribution in [-0.4, -0.2) is 24.5 Å². The van der Waals surface area contributed by atoms with Crippen LogP contribution in [0.25, 0.3) is 0 Å². The Morgan fingerprint density at radius 3 is 2.64 bits per heavy atom. The van der Waals surface area contributed by atoms with Crippen LogP contribution in [0.1, 0.15) is 17.5 Å². The van der Waals surface area contributed by atoms with Crippen molar-refractivity contribution in [1.29, 1.82) is 0 Å². The number of carbonyl (C=O) groups excluding carboxylic acids is 2. The number of amides is 3. The molecule has 1 heterocycles. The Bertz CT molecular complexity index is 822. The Morgan fingerprint density at radius 1 is 1.16 bits per heavy atom. The molecular weight excluding hydrogens is 338 g/mol. The van der Waals surface area contributed by atoms with E-state index in [4.69, 9.17) is 11.6 Å². The van der Waals surface area contributed by atoms with E-state index in [9.17, 15) is 9.59 Å². The van der Waals surface area contributed by atoms with Gasteiger partial charge in [0.15, 0.2) is 0 Å². The topological polar surface area (TPSA) is 61.4 Å². The Hall–Kier alpha value is -2.53. The number of aryl methyl sites for hydroxylation is 2. The number of benzene rings is 2. The summed E-state index contributed by atoms with van der Waals surface area (Å²) in [6.45, 7) is 4.64. The van der Waals surface area contributed by atoms with Crippen LogP contribution >= 0.6 is 11.6 Å². The fraction of sp³-hybridized carbons (Fsp3) is 0.263. The van der Waals surface area contributed by atoms with Gasteiger partial charge >= 0.3 is 6.03 Å². The predicted molar refractivity (Wildman–Crippen MR) is 100 cm³/mol. The highest BCUT2D eigenvalue weighted by Crippen LogP contribution is 2.24. The van der Waals surface area contributed by atoms with Gasteiger partial charge in [-0.25, -0.2) is 4.79 Å². The standard InChI is InChI=1S/C19H20ClN3O2/c1-12-7-8-14(11-13(12)2)23-10-9-17(18(23)24)22-19(25)21-16-6-4-3-5-15(16)20/h3-8,11,17H,9-10H2,1-2H3,(H2,21,22,25). The Morgan fingerprint density at radius 2 is 1.92 bits per heavy atom. The lowest BCUT2D eigenvalue weighted by Crippen LogP contribution is -2.43. The minimum Gasteiger partial charge on any atom is -0.326 e. The number of halogens is 1. The van der Waals surface area contributed by atoms with Gasteiger partial charge in [-0.05, 0) is 55.7 Å². The molecule has 0 bridgehead atoms. The highest BCUT2D eigenvalue weighted by atomic mass is 35.5. The van der Waals surface area contributed by atoms with Gasteiger partial charge in [-0.1, -0.05) is 29.8 Å². The molecule has 25 heavy (non-hydrogen) atoms. The average molecular weight is 358 g/mol. The van der Waals surface area contributed by atoms with E-state index in [1.54, 1.807) is 29.2 Å². The molecule has 0 aliphatic carbocycles. The summed E-state index contributed by atoms with van der Waals surface area (Å²) >= 11 is 6.03. The maximum absolute atomic E-state index is 12.6. The number of hydrogen-bond acceptors (Lipinski definition) is 2. The van der Waals surface area contributed by atoms with Crippen molar-refractivity contribution in [1.82, 2.24) is 5.32 Å². The summed E-state index contributed by atoms with van der Waals surface area (Å²) in [5.74, 6) is -0.0995. The van der Waals surface area contributed by atoms with Gasteiger partial charge in [0.1, 0.15) is 6.04 Å². The second kappa shape index (κ2) is 7.15. The maximum atomic E-state index is 12.6. The third-order valence-corrected chi connectivity index (χ3v) is 4.76. The lowest BCUT2D eigenvalue weighted by Gasteiger charge is -2.18. The van der Waals surface area contributed by atoms with Crippen LogP contribution in [-0.2, 0) is 4.79 Å². The highest BCUT2D eigenvalue weighted by Gasteiger charge is 2.33. The van der Waals surface area contributed by atoms with Gasteiger partial charge in [-0.3, -0.25) is 4.79 Å². The van der Waals surface area contributed by atoms with Crippen molar-refractivity contribution >= 4 is 34.9 Å². The van der Waals surface area contributed by atoms with Crippen LogP contribution in [0.5, 0.6) is 0 Å². The molecule has 2 N–H and O–H groups in total. The summed E-state index contributed by atoms with van der Waals surface area (Å²) < 4.78 is 0. The zero-order valence-electron chi connectivity index (χ0n) is 14.2. The van der Waals surface area contributed by atoms with Gasteiger partial charge < -0.3 is 15.5 Å². The minimum atomic E-state index is -0.538. The molecule has 0 aromatic heterocycles. The van der Waals surface area contributed by atoms with E-state index in [2.05, 4.69) is 10.6 Å². The monoisotopic (exact) mass is 357 g/mol. The van der Waals surface area contributed by atoms with Crippen molar-refractivity contribution in [2.24, 2.45) is 0 Å². The molecule has 1 aliphatic rings. The molecule has 0 saturated carbocycles. The van der Waals surface area contributed by atoms with Crippen molar-refractivity contribution in [2.45, 2.75) is 26.3 Å². The Labute approximate surface area is 152 Å². The summed E-state index contributed by atoms with van der Waals surface area (Å²) in [6, 6.07) is 11.9. The molecule has 130 valence electrons. The van der Waals surface area contributed by atoms with Crippen LogP contribution in [0.3, 0.4) is 0 Å². The summed E-state index contributed by atoms with van der Waals surface area (Å²) in [4.78, 5) is 26.5. The van der Waals surface area contributed by atoms with Gasteiger partial charge in [0.25, 0.3) is 0 Å². The van der Waals surface area contributed by atoms with Crippen LogP contribution < -0.4 is 15.5 Å². The summed E-state index contributed by atoms with van der Waals surface area (Å²) in [5.41, 5.74) is 3.70. The smallest absolute Gasteiger partial charge is 0.319 e. The molecule has 5 nitrogen and oxygen atoms in total. The molecule has 1 unspecified atom stereocenters. The molecule has 1 atom stereocenters. The number of carbonyl (C=O) groups is 2. The van der Waals surface area contributed by atoms with Gasteiger partial charge in [-0.2, -0.15) is 0 Å². The van der Waals surface area contributed by atoms with Crippen LogP contribution in [0.4, 0.5) is 16.2 Å². The van der Waals surface area contributed by atoms with E-state index in [1.165, 1.54) is 5.56 Å². The first-order valence-corrected chi connectivity index (χ1v) is 8.54. The average Bonchev–Trinajstić information content (AvgIpc) is 2.93. The first-order valence-electron chi connectivity index (χ1n) is 8.16. The molecule has 1 aliphatic heterocycles. The van der Waals surface area contributed by atoms with Crippen LogP contribution in [0.15, 0.2) is 42.5 Å². The van der Waals surface area contributed by atoms with E-state index in [-0.39, 0.29) is 5.91 Å². The molecule has 6 heteroatoms. The predicted octanol–water partition coefficient (Wildman–Crippen LogP) is 3.88. The summed E-state index contributed by atoms with van der Waals surface area (Å²) in [7, 11) is 0. The Kier molecular flexibility index (Phi) is 4.95. The van der Waals surface area contributed by atoms with Crippen molar-refractivity contribution < 1.29 is 9.59 Å². The fourth-order valence-corrected chi connectivity index (χ4v) is 3.03. The number of hydrogen-bond donors (Lipinski definition) is 2. The van der Waals surface area contributed by atoms with Crippen molar-refractivity contribution in [3.8, 4) is 0 Å². The zero-order chi connectivity index (χ0) is 18.0. The number of para-hydroxylation sites is 1. The Balaban J connectivity index is 1.65. The molecular formula is C19H20ClN3O2. The van der Waals surface area contributed by atoms with Crippen molar-refractivity contribution in [2.75, 3.05) is 16.8 Å². The number of nitrogens with zero attached hydrogens (tertiary/aromatic N) is 1. The van der Waals surface area contributed by atoms with E-state index >= 15 is 0 Å². The molecule has 3 amide bonds. The van der Waals surface area contributed by atoms with Gasteiger partial charge in [0, 0.05) is 12.2 Å². The van der Waals surface area contributed by atoms with Crippen molar-refractivity contribution in [3.63, 3.8) is 0 Å². The minimum absolute atomic E-state index is 0.0995. The number of anilines is 2. The molecule has 0 radical (unpaired) electrons. The lowest BCUT2D eigenvalue weighted by atomic mass is 10.1. The SMILES string of the molecule is Cc1ccc(N2CCC(NC(=O)Nc3ccccc3Cl)C2=O)cc1C. The molecule has 2 aromatic carbocycles. The fourth-order valence-electron chi connectivity index (χ4n) is 2.84. The third kappa shape index (κ3) is 3.77. The summed E-state index contributed by atoms with van der Waals surface area (Å²) in [6.07, 6.45) is 0.571. The van der Waals surface area contributed by atoms with E-state index < -0.39 is 12.1 Å². The molecule has 1 fully saturated rings. The van der Waals surface area contributed by atoms with E-state index in [1.807, 2.05) is 32.0 Å². The lowest BCUT2D eigenvalue weighted by molar-refractivity contribution is -0.118. The molecule has 2 aromatic rings. The highest BCUT2D eigenvalue weighted by molar-refractivity contribution is 6.33. The quantitative estimate of drug-likeness (QED) is 0.875. The first kappa shape index (κ1) is 17.3. The van der Waals surface area contributed by atoms with Gasteiger partial charge in [-0.15, -0.1) is 0 Å². The molecule has 3 rings (SSSR count). The third-order valence-electron chi connectivity index (χ3n) is 4.44. The second-order valence-corrected chi connectivity index (χ2v) is 6.59. The van der Waals surface area contributed by atoms with Gasteiger partial charge in [0.05, 0.1) is 10.7 Å². The second-order valence-electron chi connectivity index (χ2n) is 6.18. The summed E-state index contributed by atoms with van der Waals surface area (Å²) in [5, 5.41) is 5.86. The van der Waals surface area contributed by atoms with Gasteiger partial charge in [0.2, 0.25) is 5.91 Å². The van der Waals surface area contributed by atoms with Crippen LogP contribution in [0, 0.1) is 13.8 Å². The maximum Gasteiger partial charge on any atom is 0.319 e. The molecule has 0 spiro atoms. The zero-order valence-corrected chi connectivity index (χ0v) is 14.9.